The van der Waals surface area contributed by atoms with Crippen molar-refractivity contribution in [3.8, 4) is 5.75 Å². The lowest BCUT2D eigenvalue weighted by Gasteiger charge is -2.16. The van der Waals surface area contributed by atoms with E-state index in [0.29, 0.717) is 12.3 Å². The minimum atomic E-state index is -4.76. The van der Waals surface area contributed by atoms with Crippen molar-refractivity contribution in [2.24, 2.45) is 0 Å². The van der Waals surface area contributed by atoms with Crippen LogP contribution in [0.4, 0.5) is 53.9 Å². The van der Waals surface area contributed by atoms with E-state index >= 15 is 0 Å². The number of benzene rings is 1. The molecule has 0 unspecified atom stereocenters. The molecule has 0 aliphatic carbocycles. The van der Waals surface area contributed by atoms with Gasteiger partial charge < -0.3 is 15.4 Å². The highest BCUT2D eigenvalue weighted by Gasteiger charge is 2.31. The molecule has 0 saturated carbocycles. The molecule has 0 radical (unpaired) electrons. The van der Waals surface area contributed by atoms with Gasteiger partial charge in [-0.1, -0.05) is 6.92 Å². The van der Waals surface area contributed by atoms with Gasteiger partial charge >= 0.3 is 12.4 Å². The van der Waals surface area contributed by atoms with Crippen molar-refractivity contribution in [2.75, 3.05) is 23.0 Å². The summed E-state index contributed by atoms with van der Waals surface area (Å²) in [5.74, 6) is -2.52. The maximum absolute atomic E-state index is 14.4. The average Bonchev–Trinajstić information content (AvgIpc) is 2.78. The zero-order valence-electron chi connectivity index (χ0n) is 18.1. The molecule has 2 N–H and O–H groups in total. The van der Waals surface area contributed by atoms with E-state index in [0.717, 1.165) is 24.5 Å². The van der Waals surface area contributed by atoms with Gasteiger partial charge in [-0.15, -0.1) is 0 Å². The molecule has 0 aliphatic heterocycles. The van der Waals surface area contributed by atoms with Crippen LogP contribution in [0.1, 0.15) is 12.5 Å². The lowest BCUT2D eigenvalue weighted by Crippen LogP contribution is -2.20. The van der Waals surface area contributed by atoms with Gasteiger partial charge in [0, 0.05) is 18.3 Å². The number of anilines is 4. The standard InChI is InChI=1S/C20H16F7N5O3S/c1-2-36(33,34)15-6-13(14(5-12(15)21)35-9-19(22,23)24)31-17-7-18(30-10-29-17)32-16-4-3-11(8-28-16)20(25,26)27/h3-8,10H,2,9H2,1H3,(H2,28,29,30,31,32). The summed E-state index contributed by atoms with van der Waals surface area (Å²) < 4.78 is 119. The molecule has 1 aromatic carbocycles. The van der Waals surface area contributed by atoms with Crippen LogP contribution in [0.5, 0.6) is 5.75 Å². The van der Waals surface area contributed by atoms with Gasteiger partial charge in [0.1, 0.15) is 40.2 Å². The minimum Gasteiger partial charge on any atom is -0.482 e. The molecule has 0 amide bonds. The van der Waals surface area contributed by atoms with Gasteiger partial charge in [0.15, 0.2) is 16.4 Å². The van der Waals surface area contributed by atoms with Crippen LogP contribution in [-0.2, 0) is 16.0 Å². The van der Waals surface area contributed by atoms with Crippen molar-refractivity contribution in [1.82, 2.24) is 15.0 Å². The molecule has 2 heterocycles. The van der Waals surface area contributed by atoms with Crippen molar-refractivity contribution in [3.63, 3.8) is 0 Å². The fraction of sp³-hybridized carbons (Fsp3) is 0.250. The van der Waals surface area contributed by atoms with Crippen molar-refractivity contribution < 1.29 is 43.9 Å². The molecule has 194 valence electrons. The summed E-state index contributed by atoms with van der Waals surface area (Å²) in [6.45, 7) is -0.523. The zero-order chi connectivity index (χ0) is 26.7. The summed E-state index contributed by atoms with van der Waals surface area (Å²) in [5, 5.41) is 5.16. The highest BCUT2D eigenvalue weighted by atomic mass is 32.2. The second kappa shape index (κ2) is 10.1. The van der Waals surface area contributed by atoms with Crippen LogP contribution in [0, 0.1) is 5.82 Å². The van der Waals surface area contributed by atoms with Crippen LogP contribution in [0.3, 0.4) is 0 Å². The van der Waals surface area contributed by atoms with E-state index in [1.165, 1.54) is 13.0 Å². The van der Waals surface area contributed by atoms with Crippen LogP contribution in [0.25, 0.3) is 0 Å². The largest absolute Gasteiger partial charge is 0.482 e. The van der Waals surface area contributed by atoms with Crippen LogP contribution in [0.15, 0.2) is 47.8 Å². The predicted molar refractivity (Wildman–Crippen MR) is 114 cm³/mol. The summed E-state index contributed by atoms with van der Waals surface area (Å²) in [6, 6.07) is 4.30. The normalized spacial score (nSPS) is 12.3. The number of halogens is 7. The third-order valence-electron chi connectivity index (χ3n) is 4.42. The Morgan fingerprint density at radius 2 is 1.58 bits per heavy atom. The molecule has 3 aromatic rings. The van der Waals surface area contributed by atoms with Crippen LogP contribution >= 0.6 is 0 Å². The zero-order valence-corrected chi connectivity index (χ0v) is 18.9. The fourth-order valence-electron chi connectivity index (χ4n) is 2.70. The first kappa shape index (κ1) is 26.9. The van der Waals surface area contributed by atoms with Crippen LogP contribution in [0.2, 0.25) is 0 Å². The number of sulfone groups is 1. The smallest absolute Gasteiger partial charge is 0.422 e. The van der Waals surface area contributed by atoms with E-state index in [1.807, 2.05) is 0 Å². The Kier molecular flexibility index (Phi) is 7.56. The highest BCUT2D eigenvalue weighted by molar-refractivity contribution is 7.91. The van der Waals surface area contributed by atoms with Gasteiger partial charge in [0.25, 0.3) is 0 Å². The molecule has 0 saturated heterocycles. The maximum atomic E-state index is 14.4. The Balaban J connectivity index is 1.91. The molecule has 3 rings (SSSR count). The highest BCUT2D eigenvalue weighted by Crippen LogP contribution is 2.34. The number of nitrogens with one attached hydrogen (secondary N) is 2. The number of rotatable bonds is 8. The van der Waals surface area contributed by atoms with Crippen molar-refractivity contribution in [3.05, 3.63) is 54.2 Å². The van der Waals surface area contributed by atoms with Gasteiger partial charge in [-0.25, -0.2) is 27.8 Å². The quantitative estimate of drug-likeness (QED) is 0.374. The molecular weight excluding hydrogens is 523 g/mol. The third-order valence-corrected chi connectivity index (χ3v) is 6.16. The molecule has 0 bridgehead atoms. The van der Waals surface area contributed by atoms with E-state index in [-0.39, 0.29) is 23.1 Å². The van der Waals surface area contributed by atoms with E-state index in [2.05, 4.69) is 30.3 Å². The summed E-state index contributed by atoms with van der Waals surface area (Å²) >= 11 is 0. The molecule has 36 heavy (non-hydrogen) atoms. The predicted octanol–water partition coefficient (Wildman–Crippen LogP) is 5.25. The Labute approximate surface area is 199 Å². The topological polar surface area (TPSA) is 106 Å². The SMILES string of the molecule is CCS(=O)(=O)c1cc(Nc2cc(Nc3ccc(C(F)(F)F)cn3)ncn2)c(OCC(F)(F)F)cc1F. The monoisotopic (exact) mass is 539 g/mol. The van der Waals surface area contributed by atoms with Crippen LogP contribution < -0.4 is 15.4 Å². The third kappa shape index (κ3) is 6.93. The Morgan fingerprint density at radius 3 is 2.14 bits per heavy atom. The Bertz CT molecular complexity index is 1330. The number of alkyl halides is 6. The number of hydrogen-bond donors (Lipinski definition) is 2. The summed E-state index contributed by atoms with van der Waals surface area (Å²) in [4.78, 5) is 10.6. The summed E-state index contributed by atoms with van der Waals surface area (Å²) in [6.07, 6.45) is -7.75. The van der Waals surface area contributed by atoms with E-state index in [1.54, 1.807) is 0 Å². The fourth-order valence-corrected chi connectivity index (χ4v) is 3.67. The van der Waals surface area contributed by atoms with Gasteiger partial charge in [0.05, 0.1) is 17.0 Å². The van der Waals surface area contributed by atoms with Gasteiger partial charge in [-0.2, -0.15) is 26.3 Å². The molecule has 8 nitrogen and oxygen atoms in total. The van der Waals surface area contributed by atoms with Gasteiger partial charge in [-0.3, -0.25) is 0 Å². The number of pyridine rings is 1. The molecule has 16 heteroatoms. The summed E-state index contributed by atoms with van der Waals surface area (Å²) in [5.41, 5.74) is -1.32. The second-order valence-corrected chi connectivity index (χ2v) is 9.30. The number of nitrogens with zero attached hydrogens (tertiary/aromatic N) is 3. The number of ether oxygens (including phenoxy) is 1. The molecule has 0 spiro atoms. The van der Waals surface area contributed by atoms with E-state index < -0.39 is 56.6 Å². The molecule has 0 fully saturated rings. The van der Waals surface area contributed by atoms with Gasteiger partial charge in [-0.05, 0) is 18.2 Å². The van der Waals surface area contributed by atoms with Crippen LogP contribution in [-0.4, -0.2) is 41.9 Å². The Hall–Kier alpha value is -3.69. The van der Waals surface area contributed by atoms with E-state index in [9.17, 15) is 39.2 Å². The Morgan fingerprint density at radius 1 is 0.917 bits per heavy atom. The lowest BCUT2D eigenvalue weighted by atomic mass is 10.2. The first-order valence-electron chi connectivity index (χ1n) is 9.83. The minimum absolute atomic E-state index is 0.0139. The lowest BCUT2D eigenvalue weighted by molar-refractivity contribution is -0.153. The van der Waals surface area contributed by atoms with Gasteiger partial charge in [0.2, 0.25) is 0 Å². The average molecular weight is 539 g/mol. The number of aromatic nitrogens is 3. The molecule has 0 aliphatic rings. The number of hydrogen-bond acceptors (Lipinski definition) is 8. The molecule has 2 aromatic heterocycles. The first-order valence-corrected chi connectivity index (χ1v) is 11.5. The van der Waals surface area contributed by atoms with Crippen molar-refractivity contribution in [1.29, 1.82) is 0 Å². The summed E-state index contributed by atoms with van der Waals surface area (Å²) in [7, 11) is -4.09. The second-order valence-electron chi connectivity index (χ2n) is 7.05. The van der Waals surface area contributed by atoms with Crippen molar-refractivity contribution in [2.45, 2.75) is 24.2 Å². The van der Waals surface area contributed by atoms with Crippen molar-refractivity contribution >= 4 is 33.0 Å². The first-order chi connectivity index (χ1) is 16.7. The molecular formula is C20H16F7N5O3S. The molecule has 0 atom stereocenters. The maximum Gasteiger partial charge on any atom is 0.422 e. The van der Waals surface area contributed by atoms with E-state index in [4.69, 9.17) is 0 Å².